The summed E-state index contributed by atoms with van der Waals surface area (Å²) in [5, 5.41) is 0. The lowest BCUT2D eigenvalue weighted by atomic mass is 10.0. The highest BCUT2D eigenvalue weighted by Gasteiger charge is 2.37. The summed E-state index contributed by atoms with van der Waals surface area (Å²) in [6.07, 6.45) is 20.3. The van der Waals surface area contributed by atoms with Crippen LogP contribution in [0.3, 0.4) is 0 Å². The van der Waals surface area contributed by atoms with Crippen LogP contribution in [0.25, 0.3) is 0 Å². The number of hydrogen-bond acceptors (Lipinski definition) is 3. The summed E-state index contributed by atoms with van der Waals surface area (Å²) in [6.45, 7) is 7.29. The maximum absolute atomic E-state index is 13.5. The van der Waals surface area contributed by atoms with Crippen molar-refractivity contribution in [1.29, 1.82) is 0 Å². The number of esters is 1. The van der Waals surface area contributed by atoms with Crippen molar-refractivity contribution < 1.29 is 18.8 Å². The smallest absolute Gasteiger partial charge is 0.368 e. The third-order valence-electron chi connectivity index (χ3n) is 8.39. The summed E-state index contributed by atoms with van der Waals surface area (Å²) in [6, 6.07) is 18.5. The van der Waals surface area contributed by atoms with Gasteiger partial charge in [-0.1, -0.05) is 134 Å². The Bertz CT molecular complexity index is 941. The summed E-state index contributed by atoms with van der Waals surface area (Å²) in [5.74, 6) is 0.601. The molecule has 0 aromatic heterocycles. The fraction of sp³-hybridized carbons (Fsp3) is 0.658. The van der Waals surface area contributed by atoms with Gasteiger partial charge in [0.25, 0.3) is 0 Å². The van der Waals surface area contributed by atoms with Crippen molar-refractivity contribution in [1.82, 2.24) is 0 Å². The molecular weight excluding hydrogens is 518 g/mol. The Kier molecular flexibility index (Phi) is 18.3. The van der Waals surface area contributed by atoms with E-state index in [0.29, 0.717) is 10.9 Å². The van der Waals surface area contributed by atoms with Crippen molar-refractivity contribution in [2.75, 3.05) is 14.1 Å². The van der Waals surface area contributed by atoms with E-state index in [2.05, 4.69) is 71.3 Å². The van der Waals surface area contributed by atoms with E-state index in [1.54, 1.807) is 0 Å². The zero-order chi connectivity index (χ0) is 30.5. The molecule has 0 aliphatic heterocycles. The largest absolute Gasteiger partial charge is 0.455 e. The quantitative estimate of drug-likeness (QED) is 0.0536. The lowest BCUT2D eigenvalue weighted by molar-refractivity contribution is -0.920. The van der Waals surface area contributed by atoms with Crippen molar-refractivity contribution in [2.45, 2.75) is 149 Å². The lowest BCUT2D eigenvalue weighted by Gasteiger charge is -2.37. The number of nitrogens with zero attached hydrogens (tertiary/aromatic N) is 1. The van der Waals surface area contributed by atoms with Gasteiger partial charge in [0.2, 0.25) is 6.29 Å². The topological polar surface area (TPSA) is 35.5 Å². The predicted molar refractivity (Wildman–Crippen MR) is 178 cm³/mol. The van der Waals surface area contributed by atoms with Gasteiger partial charge in [-0.2, -0.15) is 0 Å². The summed E-state index contributed by atoms with van der Waals surface area (Å²) in [4.78, 5) is 13.5. The number of hydrogen-bond donors (Lipinski definition) is 0. The van der Waals surface area contributed by atoms with E-state index >= 15 is 0 Å². The highest BCUT2D eigenvalue weighted by Crippen LogP contribution is 2.23. The Morgan fingerprint density at radius 2 is 1.19 bits per heavy atom. The van der Waals surface area contributed by atoms with Gasteiger partial charge in [-0.25, -0.2) is 4.79 Å². The average molecular weight is 581 g/mol. The molecule has 236 valence electrons. The van der Waals surface area contributed by atoms with Gasteiger partial charge in [0.1, 0.15) is 12.3 Å². The molecule has 2 aromatic carbocycles. The Morgan fingerprint density at radius 1 is 0.643 bits per heavy atom. The minimum atomic E-state index is -0.569. The fourth-order valence-electron chi connectivity index (χ4n) is 5.83. The molecular formula is C38H62NO3+. The molecule has 2 aromatic rings. The highest BCUT2D eigenvalue weighted by molar-refractivity contribution is 5.74. The first-order valence-electron chi connectivity index (χ1n) is 17.2. The normalized spacial score (nSPS) is 13.1. The van der Waals surface area contributed by atoms with E-state index in [9.17, 15) is 4.79 Å². The van der Waals surface area contributed by atoms with Crippen molar-refractivity contribution in [3.05, 3.63) is 65.7 Å². The highest BCUT2D eigenvalue weighted by atomic mass is 16.7. The first kappa shape index (κ1) is 35.9. The molecule has 2 rings (SSSR count). The van der Waals surface area contributed by atoms with E-state index in [-0.39, 0.29) is 12.0 Å². The molecule has 0 bridgehead atoms. The number of carbonyl (C=O) groups excluding carboxylic acids is 1. The third-order valence-corrected chi connectivity index (χ3v) is 8.39. The Balaban J connectivity index is 1.76. The van der Waals surface area contributed by atoms with Gasteiger partial charge in [0.05, 0.1) is 14.1 Å². The minimum Gasteiger partial charge on any atom is -0.455 e. The van der Waals surface area contributed by atoms with Crippen LogP contribution in [0.15, 0.2) is 54.6 Å². The number of aryl methyl sites for hydroxylation is 1. The fourth-order valence-corrected chi connectivity index (χ4v) is 5.83. The maximum Gasteiger partial charge on any atom is 0.368 e. The second-order valence-electron chi connectivity index (χ2n) is 12.8. The second-order valence-corrected chi connectivity index (χ2v) is 12.8. The van der Waals surface area contributed by atoms with E-state index in [1.165, 1.54) is 88.2 Å². The molecule has 0 aliphatic rings. The summed E-state index contributed by atoms with van der Waals surface area (Å²) in [7, 11) is 4.25. The van der Waals surface area contributed by atoms with Gasteiger partial charge < -0.3 is 14.0 Å². The molecule has 0 heterocycles. The number of ether oxygens (including phenoxy) is 2. The molecule has 2 unspecified atom stereocenters. The Labute approximate surface area is 258 Å². The molecule has 0 saturated carbocycles. The van der Waals surface area contributed by atoms with Crippen LogP contribution < -0.4 is 4.74 Å². The molecule has 0 fully saturated rings. The van der Waals surface area contributed by atoms with E-state index in [0.717, 1.165) is 38.0 Å². The average Bonchev–Trinajstić information content (AvgIpc) is 2.97. The molecule has 0 amide bonds. The molecule has 4 nitrogen and oxygen atoms in total. The van der Waals surface area contributed by atoms with Crippen molar-refractivity contribution in [2.24, 2.45) is 0 Å². The summed E-state index contributed by atoms with van der Waals surface area (Å²) >= 11 is 0. The monoisotopic (exact) mass is 580 g/mol. The van der Waals surface area contributed by atoms with E-state index in [4.69, 9.17) is 9.47 Å². The first-order chi connectivity index (χ1) is 20.4. The van der Waals surface area contributed by atoms with Gasteiger partial charge >= 0.3 is 5.97 Å². The molecule has 0 spiro atoms. The number of likely N-dealkylation sites (N-methyl/N-ethyl adjacent to an activating group) is 1. The van der Waals surface area contributed by atoms with E-state index in [1.807, 2.05) is 18.2 Å². The lowest BCUT2D eigenvalue weighted by Crippen LogP contribution is -2.53. The number of unbranched alkanes of at least 4 members (excludes halogenated alkanes) is 11. The number of quaternary nitrogens is 1. The zero-order valence-corrected chi connectivity index (χ0v) is 27.8. The van der Waals surface area contributed by atoms with Crippen LogP contribution in [0.4, 0.5) is 0 Å². The minimum absolute atomic E-state index is 0.167. The molecule has 0 radical (unpaired) electrons. The molecule has 0 saturated heterocycles. The van der Waals surface area contributed by atoms with Crippen LogP contribution >= 0.6 is 0 Å². The molecule has 42 heavy (non-hydrogen) atoms. The van der Waals surface area contributed by atoms with Crippen molar-refractivity contribution in [3.63, 3.8) is 0 Å². The van der Waals surface area contributed by atoms with Crippen LogP contribution in [0.1, 0.15) is 135 Å². The summed E-state index contributed by atoms with van der Waals surface area (Å²) in [5.41, 5.74) is 2.57. The van der Waals surface area contributed by atoms with Gasteiger partial charge in [-0.05, 0) is 43.4 Å². The molecule has 0 aliphatic carbocycles. The van der Waals surface area contributed by atoms with Gasteiger partial charge in [-0.15, -0.1) is 0 Å². The third kappa shape index (κ3) is 14.7. The molecule has 0 N–H and O–H groups in total. The second kappa shape index (κ2) is 21.4. The zero-order valence-electron chi connectivity index (χ0n) is 27.8. The van der Waals surface area contributed by atoms with Gasteiger partial charge in [0, 0.05) is 18.4 Å². The number of benzene rings is 2. The molecule has 4 heteroatoms. The van der Waals surface area contributed by atoms with Crippen LogP contribution in [0.5, 0.6) is 5.75 Å². The maximum atomic E-state index is 13.5. The Morgan fingerprint density at radius 3 is 1.74 bits per heavy atom. The van der Waals surface area contributed by atoms with Gasteiger partial charge in [0.15, 0.2) is 6.04 Å². The van der Waals surface area contributed by atoms with E-state index < -0.39 is 6.29 Å². The van der Waals surface area contributed by atoms with Crippen LogP contribution in [0.2, 0.25) is 0 Å². The first-order valence-corrected chi connectivity index (χ1v) is 17.2. The van der Waals surface area contributed by atoms with Crippen LogP contribution in [-0.4, -0.2) is 36.9 Å². The summed E-state index contributed by atoms with van der Waals surface area (Å²) < 4.78 is 12.8. The predicted octanol–water partition coefficient (Wildman–Crippen LogP) is 10.4. The Hall–Kier alpha value is -2.33. The standard InChI is InChI=1S/C38H62NO3/c1-6-9-10-11-12-13-14-15-16-17-18-20-25-33-28-30-35(31-29-33)41-37(24-8-3)42-38(40)36(23-7-2)39(4,5)32-34-26-21-19-22-27-34/h19,21-22,26-31,36-37H,6-18,20,23-25,32H2,1-5H3/q+1. The van der Waals surface area contributed by atoms with Gasteiger partial charge in [-0.3, -0.25) is 0 Å². The van der Waals surface area contributed by atoms with Crippen LogP contribution in [-0.2, 0) is 22.5 Å². The SMILES string of the molecule is CCCCCCCCCCCCCCc1ccc(OC(CCC)OC(=O)C(CCC)[N+](C)(C)Cc2ccccc2)cc1. The number of carbonyl (C=O) groups is 1. The van der Waals surface area contributed by atoms with Crippen molar-refractivity contribution in [3.8, 4) is 5.75 Å². The van der Waals surface area contributed by atoms with Crippen LogP contribution in [0, 0.1) is 0 Å². The van der Waals surface area contributed by atoms with Crippen molar-refractivity contribution >= 4 is 5.97 Å². The number of rotatable bonds is 24. The molecule has 2 atom stereocenters.